The van der Waals surface area contributed by atoms with Gasteiger partial charge in [0.15, 0.2) is 5.87 Å². The molecule has 5 nitrogen and oxygen atoms in total. The SMILES string of the molecule is CCNC(=O)[B-](C(=O)OC)[N+]12CCC(CC1)CC2. The van der Waals surface area contributed by atoms with Gasteiger partial charge in [-0.25, -0.2) is 0 Å². The Morgan fingerprint density at radius 1 is 1.28 bits per heavy atom. The summed E-state index contributed by atoms with van der Waals surface area (Å²) >= 11 is 0. The molecule has 2 bridgehead atoms. The number of carbonyl (C=O) groups is 2. The molecule has 0 saturated carbocycles. The number of rotatable bonds is 4. The van der Waals surface area contributed by atoms with Gasteiger partial charge in [-0.3, -0.25) is 4.79 Å². The second-order valence-corrected chi connectivity index (χ2v) is 5.44. The average Bonchev–Trinajstić information content (AvgIpc) is 2.40. The summed E-state index contributed by atoms with van der Waals surface area (Å²) in [5, 5.41) is 2.78. The molecule has 3 heterocycles. The number of hydrogen-bond donors (Lipinski definition) is 1. The van der Waals surface area contributed by atoms with Gasteiger partial charge in [-0.2, -0.15) is 0 Å². The van der Waals surface area contributed by atoms with Crippen LogP contribution in [0, 0.1) is 5.92 Å². The van der Waals surface area contributed by atoms with E-state index in [4.69, 9.17) is 4.74 Å². The molecule has 1 amide bonds. The van der Waals surface area contributed by atoms with Crippen LogP contribution in [0.15, 0.2) is 0 Å². The Kier molecular flexibility index (Phi) is 3.95. The minimum absolute atomic E-state index is 0.176. The van der Waals surface area contributed by atoms with E-state index in [1.165, 1.54) is 7.11 Å². The van der Waals surface area contributed by atoms with Crippen molar-refractivity contribution in [2.45, 2.75) is 26.2 Å². The minimum atomic E-state index is -0.670. The third-order valence-corrected chi connectivity index (χ3v) is 4.52. The fraction of sp³-hybridized carbons (Fsp3) is 0.833. The Hall–Kier alpha value is -1.04. The highest BCUT2D eigenvalue weighted by Crippen LogP contribution is 2.35. The molecule has 3 rings (SSSR count). The molecule has 0 aromatic heterocycles. The van der Waals surface area contributed by atoms with Crippen LogP contribution in [-0.2, 0) is 4.74 Å². The molecule has 0 unspecified atom stereocenters. The summed E-state index contributed by atoms with van der Waals surface area (Å²) in [6, 6.07) is 0. The van der Waals surface area contributed by atoms with Crippen molar-refractivity contribution >= 4 is 18.5 Å². The largest absolute Gasteiger partial charge is 0.520 e. The van der Waals surface area contributed by atoms with Crippen molar-refractivity contribution < 1.29 is 18.7 Å². The number of ether oxygens (including phenoxy) is 1. The molecule has 1 N–H and O–H groups in total. The fourth-order valence-corrected chi connectivity index (χ4v) is 3.44. The summed E-state index contributed by atoms with van der Waals surface area (Å²) < 4.78 is 5.47. The third-order valence-electron chi connectivity index (χ3n) is 4.52. The number of carbonyl (C=O) groups excluding carboxylic acids is 2. The van der Waals surface area contributed by atoms with Crippen molar-refractivity contribution in [2.75, 3.05) is 33.3 Å². The summed E-state index contributed by atoms with van der Waals surface area (Å²) in [6.07, 6.45) is 3.40. The first-order valence-corrected chi connectivity index (χ1v) is 6.84. The Morgan fingerprint density at radius 3 is 2.28 bits per heavy atom. The smallest absolute Gasteiger partial charge is 0.347 e. The first-order valence-electron chi connectivity index (χ1n) is 6.84. The molecule has 3 aliphatic rings. The van der Waals surface area contributed by atoms with Gasteiger partial charge in [0, 0.05) is 26.2 Å². The topological polar surface area (TPSA) is 55.4 Å². The molecular weight excluding hydrogens is 231 g/mol. The van der Waals surface area contributed by atoms with Gasteiger partial charge in [0.1, 0.15) is 5.81 Å². The number of nitrogens with one attached hydrogen (secondary N) is 1. The van der Waals surface area contributed by atoms with E-state index in [9.17, 15) is 9.59 Å². The number of amides is 1. The van der Waals surface area contributed by atoms with Crippen LogP contribution in [0.4, 0.5) is 9.59 Å². The van der Waals surface area contributed by atoms with E-state index in [0.29, 0.717) is 10.9 Å². The lowest BCUT2D eigenvalue weighted by Crippen LogP contribution is -2.72. The van der Waals surface area contributed by atoms with Crippen LogP contribution in [0.2, 0.25) is 0 Å². The first-order chi connectivity index (χ1) is 8.63. The third kappa shape index (κ3) is 2.26. The van der Waals surface area contributed by atoms with Crippen LogP contribution in [0.25, 0.3) is 0 Å². The molecular formula is C12H22BN2O3. The Balaban J connectivity index is 2.22. The summed E-state index contributed by atoms with van der Waals surface area (Å²) in [5.74, 6) is 0.239. The van der Waals surface area contributed by atoms with Gasteiger partial charge in [-0.15, -0.1) is 0 Å². The van der Waals surface area contributed by atoms with Crippen LogP contribution >= 0.6 is 0 Å². The van der Waals surface area contributed by atoms with E-state index in [2.05, 4.69) is 5.32 Å². The van der Waals surface area contributed by atoms with Crippen LogP contribution in [0.5, 0.6) is 0 Å². The van der Waals surface area contributed by atoms with Gasteiger partial charge in [0.2, 0.25) is 0 Å². The molecule has 3 saturated heterocycles. The highest BCUT2D eigenvalue weighted by atomic mass is 16.5. The number of nitrogens with zero attached hydrogens (tertiary/aromatic N) is 1. The van der Waals surface area contributed by atoms with Crippen molar-refractivity contribution in [3.8, 4) is 0 Å². The van der Waals surface area contributed by atoms with E-state index >= 15 is 0 Å². The predicted molar refractivity (Wildman–Crippen MR) is 69.4 cm³/mol. The van der Waals surface area contributed by atoms with Crippen molar-refractivity contribution in [1.29, 1.82) is 0 Å². The molecule has 3 fully saturated rings. The minimum Gasteiger partial charge on any atom is -0.520 e. The molecule has 0 aromatic rings. The molecule has 18 heavy (non-hydrogen) atoms. The number of fused-ring (bicyclic) bond motifs is 3. The number of hydrogen-bond acceptors (Lipinski definition) is 3. The zero-order chi connectivity index (χ0) is 13.2. The normalized spacial score (nSPS) is 30.3. The van der Waals surface area contributed by atoms with Crippen molar-refractivity contribution in [1.82, 2.24) is 5.32 Å². The van der Waals surface area contributed by atoms with E-state index in [-0.39, 0.29) is 11.7 Å². The quantitative estimate of drug-likeness (QED) is 0.767. The maximum atomic E-state index is 12.2. The van der Waals surface area contributed by atoms with Gasteiger partial charge < -0.3 is 19.2 Å². The lowest BCUT2D eigenvalue weighted by atomic mass is 9.53. The van der Waals surface area contributed by atoms with Gasteiger partial charge in [0.05, 0.1) is 7.11 Å². The zero-order valence-electron chi connectivity index (χ0n) is 11.3. The monoisotopic (exact) mass is 253 g/mol. The predicted octanol–water partition coefficient (Wildman–Crippen LogP) is 1.27. The molecule has 0 spiro atoms. The van der Waals surface area contributed by atoms with Crippen molar-refractivity contribution in [3.05, 3.63) is 0 Å². The molecule has 6 heteroatoms. The van der Waals surface area contributed by atoms with Gasteiger partial charge in [-0.05, 0) is 32.1 Å². The van der Waals surface area contributed by atoms with E-state index in [0.717, 1.165) is 44.8 Å². The number of methoxy groups -OCH3 is 1. The van der Waals surface area contributed by atoms with Crippen molar-refractivity contribution in [2.24, 2.45) is 5.92 Å². The Morgan fingerprint density at radius 2 is 1.83 bits per heavy atom. The zero-order valence-corrected chi connectivity index (χ0v) is 11.3. The highest BCUT2D eigenvalue weighted by molar-refractivity contribution is 7.05. The molecule has 0 aliphatic carbocycles. The highest BCUT2D eigenvalue weighted by Gasteiger charge is 2.45. The summed E-state index contributed by atoms with van der Waals surface area (Å²) in [5.41, 5.74) is 0. The van der Waals surface area contributed by atoms with Gasteiger partial charge in [0.25, 0.3) is 0 Å². The second-order valence-electron chi connectivity index (χ2n) is 5.44. The molecule has 101 valence electrons. The number of piperidine rings is 3. The van der Waals surface area contributed by atoms with Gasteiger partial charge in [-0.1, -0.05) is 0 Å². The lowest BCUT2D eigenvalue weighted by molar-refractivity contribution is -0.842. The molecule has 1 radical (unpaired) electrons. The van der Waals surface area contributed by atoms with Crippen LogP contribution in [0.3, 0.4) is 0 Å². The standard InChI is InChI=1S/C12H21BN2O3/c1-3-14-11(16)13(12(17)18-2)15-7-4-10(5-8-15)6-9-15/h10H,3-9H2,1-2H3/q-1/p+1. The van der Waals surface area contributed by atoms with Crippen LogP contribution in [0.1, 0.15) is 26.2 Å². The molecule has 3 aliphatic heterocycles. The van der Waals surface area contributed by atoms with E-state index in [1.807, 2.05) is 6.92 Å². The average molecular weight is 253 g/mol. The summed E-state index contributed by atoms with van der Waals surface area (Å²) in [6.45, 7) is 4.55. The first kappa shape index (κ1) is 13.4. The second kappa shape index (κ2) is 5.30. The van der Waals surface area contributed by atoms with E-state index < -0.39 is 6.85 Å². The van der Waals surface area contributed by atoms with Gasteiger partial charge >= 0.3 is 6.85 Å². The van der Waals surface area contributed by atoms with Crippen LogP contribution in [-0.4, -0.2) is 56.2 Å². The summed E-state index contributed by atoms with van der Waals surface area (Å²) in [7, 11) is 1.36. The maximum Gasteiger partial charge on any atom is 0.347 e. The Labute approximate surface area is 109 Å². The van der Waals surface area contributed by atoms with Crippen LogP contribution < -0.4 is 5.32 Å². The lowest BCUT2D eigenvalue weighted by Gasteiger charge is -2.59. The number of quaternary nitrogens is 1. The summed E-state index contributed by atoms with van der Waals surface area (Å²) in [4.78, 5) is 24.2. The maximum absolute atomic E-state index is 12.2. The Bertz CT molecular complexity index is 326. The van der Waals surface area contributed by atoms with E-state index in [1.54, 1.807) is 0 Å². The van der Waals surface area contributed by atoms with Crippen molar-refractivity contribution in [3.63, 3.8) is 0 Å². The molecule has 0 atom stereocenters. The molecule has 0 aromatic carbocycles. The fourth-order valence-electron chi connectivity index (χ4n) is 3.44.